The summed E-state index contributed by atoms with van der Waals surface area (Å²) in [5.41, 5.74) is 2.55. The molecule has 2 amide bonds. The van der Waals surface area contributed by atoms with Gasteiger partial charge in [0.05, 0.1) is 19.1 Å². The lowest BCUT2D eigenvalue weighted by molar-refractivity contribution is -0.305. The fraction of sp³-hybridized carbons (Fsp3) is 0.261. The predicted octanol–water partition coefficient (Wildman–Crippen LogP) is 1.68. The SMILES string of the molecule is CCOc1cc2c(cc1/C=C1\C(=O)N(CC(=O)[O-])C(=O)c3ccccc31)O[C@H](C)C2. The maximum Gasteiger partial charge on any atom is 0.261 e. The number of carboxylic acid groups (broad SMARTS) is 1. The van der Waals surface area contributed by atoms with Crippen LogP contribution in [-0.4, -0.2) is 41.9 Å². The van der Waals surface area contributed by atoms with Gasteiger partial charge in [-0.15, -0.1) is 0 Å². The lowest BCUT2D eigenvalue weighted by Gasteiger charge is -2.29. The van der Waals surface area contributed by atoms with Crippen LogP contribution in [0.2, 0.25) is 0 Å². The molecule has 2 aliphatic rings. The Hall–Kier alpha value is -3.61. The summed E-state index contributed by atoms with van der Waals surface area (Å²) < 4.78 is 11.6. The van der Waals surface area contributed by atoms with Gasteiger partial charge in [0.1, 0.15) is 17.6 Å². The largest absolute Gasteiger partial charge is 0.548 e. The van der Waals surface area contributed by atoms with Crippen LogP contribution in [0.15, 0.2) is 36.4 Å². The molecular formula is C23H20NO6-. The van der Waals surface area contributed by atoms with Gasteiger partial charge < -0.3 is 19.4 Å². The van der Waals surface area contributed by atoms with Crippen molar-refractivity contribution in [2.75, 3.05) is 13.2 Å². The first kappa shape index (κ1) is 19.7. The van der Waals surface area contributed by atoms with E-state index in [-0.39, 0.29) is 17.2 Å². The summed E-state index contributed by atoms with van der Waals surface area (Å²) in [5, 5.41) is 11.1. The number of imide groups is 1. The minimum atomic E-state index is -1.51. The molecule has 7 heteroatoms. The Morgan fingerprint density at radius 3 is 2.67 bits per heavy atom. The monoisotopic (exact) mass is 406 g/mol. The Labute approximate surface area is 173 Å². The average Bonchev–Trinajstić information content (AvgIpc) is 3.07. The Balaban J connectivity index is 1.87. The summed E-state index contributed by atoms with van der Waals surface area (Å²) in [6, 6.07) is 10.3. The number of fused-ring (bicyclic) bond motifs is 2. The number of rotatable bonds is 5. The van der Waals surface area contributed by atoms with E-state index in [1.165, 1.54) is 0 Å². The van der Waals surface area contributed by atoms with E-state index in [0.29, 0.717) is 28.4 Å². The van der Waals surface area contributed by atoms with Gasteiger partial charge in [-0.05, 0) is 43.7 Å². The lowest BCUT2D eigenvalue weighted by atomic mass is 9.91. The average molecular weight is 406 g/mol. The molecule has 0 spiro atoms. The minimum Gasteiger partial charge on any atom is -0.548 e. The third-order valence-electron chi connectivity index (χ3n) is 5.08. The standard InChI is InChI=1S/C23H21NO6/c1-3-29-19-10-14-8-13(2)30-20(14)11-15(19)9-18-16-6-4-5-7-17(16)22(27)24(23(18)28)12-21(25)26/h4-7,9-11,13H,3,8,12H2,1-2H3,(H,25,26)/p-1/b18-9-/t13-/m1/s1. The number of carbonyl (C=O) groups is 3. The van der Waals surface area contributed by atoms with Gasteiger partial charge in [0.25, 0.3) is 11.8 Å². The molecule has 30 heavy (non-hydrogen) atoms. The molecule has 2 aromatic carbocycles. The first-order chi connectivity index (χ1) is 14.4. The lowest BCUT2D eigenvalue weighted by Crippen LogP contribution is -2.47. The van der Waals surface area contributed by atoms with Crippen molar-refractivity contribution in [2.45, 2.75) is 26.4 Å². The topological polar surface area (TPSA) is 96.0 Å². The van der Waals surface area contributed by atoms with Crippen LogP contribution in [0.4, 0.5) is 0 Å². The molecule has 2 aromatic rings. The van der Waals surface area contributed by atoms with Crippen LogP contribution in [0, 0.1) is 0 Å². The van der Waals surface area contributed by atoms with E-state index in [4.69, 9.17) is 9.47 Å². The smallest absolute Gasteiger partial charge is 0.261 e. The molecule has 0 saturated carbocycles. The molecule has 154 valence electrons. The van der Waals surface area contributed by atoms with Gasteiger partial charge in [-0.2, -0.15) is 0 Å². The quantitative estimate of drug-likeness (QED) is 0.554. The maximum absolute atomic E-state index is 13.1. The van der Waals surface area contributed by atoms with Gasteiger partial charge in [0.2, 0.25) is 0 Å². The van der Waals surface area contributed by atoms with Crippen molar-refractivity contribution in [3.63, 3.8) is 0 Å². The highest BCUT2D eigenvalue weighted by molar-refractivity contribution is 6.34. The van der Waals surface area contributed by atoms with E-state index in [1.807, 2.05) is 26.0 Å². The van der Waals surface area contributed by atoms with Gasteiger partial charge in [0, 0.05) is 28.7 Å². The summed E-state index contributed by atoms with van der Waals surface area (Å²) in [4.78, 5) is 37.5. The molecule has 0 N–H and O–H groups in total. The fourth-order valence-electron chi connectivity index (χ4n) is 3.82. The van der Waals surface area contributed by atoms with Gasteiger partial charge in [0.15, 0.2) is 0 Å². The minimum absolute atomic E-state index is 0.0468. The number of amides is 2. The Morgan fingerprint density at radius 1 is 1.23 bits per heavy atom. The fourth-order valence-corrected chi connectivity index (χ4v) is 3.82. The third-order valence-corrected chi connectivity index (χ3v) is 5.08. The molecule has 2 heterocycles. The van der Waals surface area contributed by atoms with Crippen molar-refractivity contribution in [3.05, 3.63) is 58.7 Å². The first-order valence-electron chi connectivity index (χ1n) is 9.72. The van der Waals surface area contributed by atoms with Crippen LogP contribution in [0.3, 0.4) is 0 Å². The van der Waals surface area contributed by atoms with Crippen molar-refractivity contribution in [1.82, 2.24) is 4.90 Å². The third kappa shape index (κ3) is 3.43. The van der Waals surface area contributed by atoms with Gasteiger partial charge >= 0.3 is 0 Å². The molecule has 0 fully saturated rings. The van der Waals surface area contributed by atoms with Crippen molar-refractivity contribution in [2.24, 2.45) is 0 Å². The number of ether oxygens (including phenoxy) is 2. The Kier molecular flexibility index (Phi) is 5.03. The molecular weight excluding hydrogens is 386 g/mol. The number of nitrogens with zero attached hydrogens (tertiary/aromatic N) is 1. The van der Waals surface area contributed by atoms with E-state index in [9.17, 15) is 19.5 Å². The molecule has 1 atom stereocenters. The number of aliphatic carboxylic acids is 1. The van der Waals surface area contributed by atoms with Crippen molar-refractivity contribution >= 4 is 29.4 Å². The van der Waals surface area contributed by atoms with E-state index >= 15 is 0 Å². The van der Waals surface area contributed by atoms with E-state index in [1.54, 1.807) is 30.3 Å². The van der Waals surface area contributed by atoms with Crippen LogP contribution in [0.5, 0.6) is 11.5 Å². The van der Waals surface area contributed by atoms with E-state index in [2.05, 4.69) is 0 Å². The Bertz CT molecular complexity index is 1090. The summed E-state index contributed by atoms with van der Waals surface area (Å²) in [5.74, 6) is -1.55. The van der Waals surface area contributed by atoms with Gasteiger partial charge in [-0.25, -0.2) is 0 Å². The zero-order valence-electron chi connectivity index (χ0n) is 16.6. The number of hydrogen-bond donors (Lipinski definition) is 0. The Morgan fingerprint density at radius 2 is 1.97 bits per heavy atom. The highest BCUT2D eigenvalue weighted by atomic mass is 16.5. The van der Waals surface area contributed by atoms with Crippen LogP contribution in [-0.2, 0) is 16.0 Å². The summed E-state index contributed by atoms with van der Waals surface area (Å²) in [7, 11) is 0. The first-order valence-corrected chi connectivity index (χ1v) is 9.72. The second kappa shape index (κ2) is 7.67. The normalized spacial score (nSPS) is 18.8. The number of carbonyl (C=O) groups excluding carboxylic acids is 3. The highest BCUT2D eigenvalue weighted by Crippen LogP contribution is 2.38. The molecule has 0 aliphatic carbocycles. The second-order valence-corrected chi connectivity index (χ2v) is 7.24. The van der Waals surface area contributed by atoms with Crippen molar-refractivity contribution in [1.29, 1.82) is 0 Å². The number of benzene rings is 2. The van der Waals surface area contributed by atoms with Crippen LogP contribution < -0.4 is 14.6 Å². The van der Waals surface area contributed by atoms with Gasteiger partial charge in [-0.1, -0.05) is 18.2 Å². The molecule has 4 rings (SSSR count). The summed E-state index contributed by atoms with van der Waals surface area (Å²) >= 11 is 0. The molecule has 0 saturated heterocycles. The highest BCUT2D eigenvalue weighted by Gasteiger charge is 2.35. The van der Waals surface area contributed by atoms with Crippen molar-refractivity contribution < 1.29 is 29.0 Å². The van der Waals surface area contributed by atoms with E-state index in [0.717, 1.165) is 17.7 Å². The summed E-state index contributed by atoms with van der Waals surface area (Å²) in [6.45, 7) is 3.46. The zero-order valence-corrected chi connectivity index (χ0v) is 16.6. The van der Waals surface area contributed by atoms with Crippen LogP contribution in [0.25, 0.3) is 11.6 Å². The number of hydrogen-bond acceptors (Lipinski definition) is 6. The molecule has 0 bridgehead atoms. The molecule has 2 aliphatic heterocycles. The number of carboxylic acids is 1. The van der Waals surface area contributed by atoms with Crippen molar-refractivity contribution in [3.8, 4) is 11.5 Å². The van der Waals surface area contributed by atoms with Gasteiger partial charge in [-0.3, -0.25) is 14.5 Å². The maximum atomic E-state index is 13.1. The molecule has 7 nitrogen and oxygen atoms in total. The summed E-state index contributed by atoms with van der Waals surface area (Å²) in [6.07, 6.45) is 2.43. The molecule has 0 aromatic heterocycles. The molecule has 0 radical (unpaired) electrons. The van der Waals surface area contributed by atoms with Crippen LogP contribution >= 0.6 is 0 Å². The molecule has 0 unspecified atom stereocenters. The van der Waals surface area contributed by atoms with E-state index < -0.39 is 24.3 Å². The zero-order chi connectivity index (χ0) is 21.4. The second-order valence-electron chi connectivity index (χ2n) is 7.24. The van der Waals surface area contributed by atoms with Crippen LogP contribution in [0.1, 0.15) is 40.9 Å². The predicted molar refractivity (Wildman–Crippen MR) is 107 cm³/mol.